The molecule has 2 aromatic rings. The van der Waals surface area contributed by atoms with Gasteiger partial charge >= 0.3 is 0 Å². The fourth-order valence-electron chi connectivity index (χ4n) is 2.44. The highest BCUT2D eigenvalue weighted by atomic mass is 32.1. The fourth-order valence-corrected chi connectivity index (χ4v) is 2.65. The summed E-state index contributed by atoms with van der Waals surface area (Å²) < 4.78 is 5.66. The molecule has 0 spiro atoms. The molecule has 2 aromatic carbocycles. The Morgan fingerprint density at radius 3 is 2.50 bits per heavy atom. The van der Waals surface area contributed by atoms with Gasteiger partial charge in [0.25, 0.3) is 5.91 Å². The average Bonchev–Trinajstić information content (AvgIpc) is 2.62. The molecular weight excluding hydrogens is 344 g/mol. The van der Waals surface area contributed by atoms with Crippen LogP contribution in [0.25, 0.3) is 0 Å². The molecule has 2 N–H and O–H groups in total. The van der Waals surface area contributed by atoms with Crippen molar-refractivity contribution in [2.24, 2.45) is 0 Å². The lowest BCUT2D eigenvalue weighted by molar-refractivity contribution is 0.0977. The normalized spacial score (nSPS) is 10.3. The molecule has 0 bridgehead atoms. The number of rotatable bonds is 7. The van der Waals surface area contributed by atoms with E-state index in [9.17, 15) is 4.79 Å². The molecule has 1 amide bonds. The SMILES string of the molecule is CCCCCOc1ccc(C(=O)NC(=S)Nc2cc(C)ccc2C)cc1. The van der Waals surface area contributed by atoms with Crippen LogP contribution in [-0.4, -0.2) is 17.6 Å². The maximum Gasteiger partial charge on any atom is 0.257 e. The van der Waals surface area contributed by atoms with Crippen LogP contribution in [0.5, 0.6) is 5.75 Å². The predicted molar refractivity (Wildman–Crippen MR) is 111 cm³/mol. The van der Waals surface area contributed by atoms with Gasteiger partial charge < -0.3 is 10.1 Å². The van der Waals surface area contributed by atoms with Gasteiger partial charge in [0.05, 0.1) is 6.61 Å². The number of ether oxygens (including phenoxy) is 1. The van der Waals surface area contributed by atoms with Crippen LogP contribution in [0, 0.1) is 13.8 Å². The quantitative estimate of drug-likeness (QED) is 0.532. The molecule has 2 rings (SSSR count). The zero-order valence-electron chi connectivity index (χ0n) is 15.6. The number of aryl methyl sites for hydroxylation is 2. The highest BCUT2D eigenvalue weighted by Crippen LogP contribution is 2.16. The third-order valence-corrected chi connectivity index (χ3v) is 4.21. The van der Waals surface area contributed by atoms with Gasteiger partial charge in [-0.25, -0.2) is 0 Å². The molecule has 5 heteroatoms. The number of thiocarbonyl (C=S) groups is 1. The third-order valence-electron chi connectivity index (χ3n) is 4.00. The smallest absolute Gasteiger partial charge is 0.257 e. The summed E-state index contributed by atoms with van der Waals surface area (Å²) in [5.74, 6) is 0.527. The Morgan fingerprint density at radius 2 is 1.81 bits per heavy atom. The van der Waals surface area contributed by atoms with Crippen molar-refractivity contribution in [3.8, 4) is 5.75 Å². The number of anilines is 1. The zero-order chi connectivity index (χ0) is 18.9. The first-order valence-corrected chi connectivity index (χ1v) is 9.33. The van der Waals surface area contributed by atoms with Crippen LogP contribution in [0.3, 0.4) is 0 Å². The van der Waals surface area contributed by atoms with E-state index in [1.807, 2.05) is 44.2 Å². The molecule has 0 aromatic heterocycles. The molecule has 0 heterocycles. The predicted octanol–water partition coefficient (Wildman–Crippen LogP) is 5.00. The molecule has 0 saturated carbocycles. The molecule has 138 valence electrons. The van der Waals surface area contributed by atoms with Gasteiger partial charge in [-0.05, 0) is 73.9 Å². The van der Waals surface area contributed by atoms with Gasteiger partial charge in [-0.1, -0.05) is 31.9 Å². The molecule has 0 fully saturated rings. The summed E-state index contributed by atoms with van der Waals surface area (Å²) in [4.78, 5) is 12.3. The number of unbranched alkanes of at least 4 members (excludes halogenated alkanes) is 2. The second kappa shape index (κ2) is 9.92. The Bertz CT molecular complexity index is 757. The fraction of sp³-hybridized carbons (Fsp3) is 0.333. The van der Waals surface area contributed by atoms with E-state index >= 15 is 0 Å². The van der Waals surface area contributed by atoms with Crippen LogP contribution in [0.4, 0.5) is 5.69 Å². The first-order chi connectivity index (χ1) is 12.5. The minimum Gasteiger partial charge on any atom is -0.494 e. The highest BCUT2D eigenvalue weighted by molar-refractivity contribution is 7.80. The number of nitrogens with one attached hydrogen (secondary N) is 2. The van der Waals surface area contributed by atoms with Gasteiger partial charge in [-0.3, -0.25) is 10.1 Å². The summed E-state index contributed by atoms with van der Waals surface area (Å²) in [6.07, 6.45) is 3.36. The first-order valence-electron chi connectivity index (χ1n) is 8.92. The van der Waals surface area contributed by atoms with Crippen molar-refractivity contribution in [2.75, 3.05) is 11.9 Å². The Labute approximate surface area is 161 Å². The van der Waals surface area contributed by atoms with E-state index in [1.54, 1.807) is 12.1 Å². The lowest BCUT2D eigenvalue weighted by atomic mass is 10.1. The Balaban J connectivity index is 1.88. The van der Waals surface area contributed by atoms with Crippen molar-refractivity contribution in [1.29, 1.82) is 0 Å². The number of benzene rings is 2. The van der Waals surface area contributed by atoms with E-state index in [1.165, 1.54) is 6.42 Å². The van der Waals surface area contributed by atoms with Gasteiger partial charge in [0.15, 0.2) is 5.11 Å². The van der Waals surface area contributed by atoms with E-state index in [0.717, 1.165) is 35.4 Å². The summed E-state index contributed by atoms with van der Waals surface area (Å²) in [5.41, 5.74) is 3.63. The van der Waals surface area contributed by atoms with Crippen LogP contribution in [-0.2, 0) is 0 Å². The van der Waals surface area contributed by atoms with E-state index in [-0.39, 0.29) is 11.0 Å². The highest BCUT2D eigenvalue weighted by Gasteiger charge is 2.09. The molecule has 26 heavy (non-hydrogen) atoms. The second-order valence-electron chi connectivity index (χ2n) is 6.31. The summed E-state index contributed by atoms with van der Waals surface area (Å²) >= 11 is 5.26. The van der Waals surface area contributed by atoms with E-state index in [2.05, 4.69) is 17.6 Å². The average molecular weight is 371 g/mol. The van der Waals surface area contributed by atoms with Gasteiger partial charge in [0, 0.05) is 11.3 Å². The minimum atomic E-state index is -0.245. The molecule has 4 nitrogen and oxygen atoms in total. The Kier molecular flexibility index (Phi) is 7.60. The number of carbonyl (C=O) groups excluding carboxylic acids is 1. The summed E-state index contributed by atoms with van der Waals surface area (Å²) in [6, 6.07) is 13.1. The van der Waals surface area contributed by atoms with Gasteiger partial charge in [0.1, 0.15) is 5.75 Å². The molecule has 0 aliphatic heterocycles. The van der Waals surface area contributed by atoms with Crippen LogP contribution in [0.15, 0.2) is 42.5 Å². The standard InChI is InChI=1S/C21H26N2O2S/c1-4-5-6-13-25-18-11-9-17(10-12-18)20(24)23-21(26)22-19-14-15(2)7-8-16(19)3/h7-12,14H,4-6,13H2,1-3H3,(H2,22,23,24,26). The number of carbonyl (C=O) groups is 1. The van der Waals surface area contributed by atoms with Crippen molar-refractivity contribution in [2.45, 2.75) is 40.0 Å². The number of hydrogen-bond acceptors (Lipinski definition) is 3. The first kappa shape index (κ1) is 19.9. The molecule has 0 aliphatic rings. The van der Waals surface area contributed by atoms with Crippen LogP contribution in [0.2, 0.25) is 0 Å². The van der Waals surface area contributed by atoms with Crippen LogP contribution in [0.1, 0.15) is 47.7 Å². The third kappa shape index (κ3) is 6.15. The van der Waals surface area contributed by atoms with Crippen molar-refractivity contribution in [3.63, 3.8) is 0 Å². The van der Waals surface area contributed by atoms with Crippen molar-refractivity contribution >= 4 is 28.9 Å². The monoisotopic (exact) mass is 370 g/mol. The maximum absolute atomic E-state index is 12.3. The molecule has 0 radical (unpaired) electrons. The summed E-state index contributed by atoms with van der Waals surface area (Å²) in [6.45, 7) is 6.86. The minimum absolute atomic E-state index is 0.245. The second-order valence-corrected chi connectivity index (χ2v) is 6.71. The van der Waals surface area contributed by atoms with Crippen molar-refractivity contribution < 1.29 is 9.53 Å². The number of amides is 1. The Morgan fingerprint density at radius 1 is 1.08 bits per heavy atom. The topological polar surface area (TPSA) is 50.4 Å². The largest absolute Gasteiger partial charge is 0.494 e. The van der Waals surface area contributed by atoms with E-state index < -0.39 is 0 Å². The lowest BCUT2D eigenvalue weighted by Gasteiger charge is -2.12. The molecular formula is C21H26N2O2S. The van der Waals surface area contributed by atoms with Crippen LogP contribution >= 0.6 is 12.2 Å². The zero-order valence-corrected chi connectivity index (χ0v) is 16.4. The molecule has 0 aliphatic carbocycles. The van der Waals surface area contributed by atoms with Gasteiger partial charge in [0.2, 0.25) is 0 Å². The lowest BCUT2D eigenvalue weighted by Crippen LogP contribution is -2.34. The summed E-state index contributed by atoms with van der Waals surface area (Å²) in [7, 11) is 0. The van der Waals surface area contributed by atoms with E-state index in [0.29, 0.717) is 12.2 Å². The number of hydrogen-bond donors (Lipinski definition) is 2. The van der Waals surface area contributed by atoms with Gasteiger partial charge in [-0.15, -0.1) is 0 Å². The maximum atomic E-state index is 12.3. The van der Waals surface area contributed by atoms with Gasteiger partial charge in [-0.2, -0.15) is 0 Å². The van der Waals surface area contributed by atoms with Crippen LogP contribution < -0.4 is 15.4 Å². The molecule has 0 atom stereocenters. The van der Waals surface area contributed by atoms with Crippen molar-refractivity contribution in [3.05, 3.63) is 59.2 Å². The summed E-state index contributed by atoms with van der Waals surface area (Å²) in [5, 5.41) is 6.07. The van der Waals surface area contributed by atoms with Crippen molar-refractivity contribution in [1.82, 2.24) is 5.32 Å². The molecule has 0 unspecified atom stereocenters. The Hall–Kier alpha value is -2.40. The molecule has 0 saturated heterocycles. The van der Waals surface area contributed by atoms with E-state index in [4.69, 9.17) is 17.0 Å².